The van der Waals surface area contributed by atoms with Gasteiger partial charge in [0.2, 0.25) is 0 Å². The molecule has 1 aliphatic heterocycles. The molecule has 0 saturated heterocycles. The standard InChI is InChI=1S/C9H10N2O/c1-7(12)9-6-11(2)4-3-8(9)5-10/h3-4,6,8H,1-2H3. The second-order valence-electron chi connectivity index (χ2n) is 2.75. The first-order valence-electron chi connectivity index (χ1n) is 3.67. The van der Waals surface area contributed by atoms with Crippen LogP contribution in [-0.4, -0.2) is 17.7 Å². The maximum Gasteiger partial charge on any atom is 0.158 e. The van der Waals surface area contributed by atoms with Crippen molar-refractivity contribution < 1.29 is 4.79 Å². The van der Waals surface area contributed by atoms with E-state index >= 15 is 0 Å². The summed E-state index contributed by atoms with van der Waals surface area (Å²) in [5.41, 5.74) is 0.558. The van der Waals surface area contributed by atoms with Crippen molar-refractivity contribution >= 4 is 5.78 Å². The Morgan fingerprint density at radius 2 is 2.42 bits per heavy atom. The largest absolute Gasteiger partial charge is 0.357 e. The van der Waals surface area contributed by atoms with Gasteiger partial charge in [0.25, 0.3) is 0 Å². The highest BCUT2D eigenvalue weighted by molar-refractivity contribution is 5.94. The Hall–Kier alpha value is -1.56. The number of nitriles is 1. The second-order valence-corrected chi connectivity index (χ2v) is 2.75. The van der Waals surface area contributed by atoms with E-state index in [0.717, 1.165) is 0 Å². The number of carbonyl (C=O) groups excluding carboxylic acids is 1. The van der Waals surface area contributed by atoms with Crippen molar-refractivity contribution in [2.45, 2.75) is 6.92 Å². The maximum absolute atomic E-state index is 11.0. The molecule has 0 radical (unpaired) electrons. The molecule has 3 nitrogen and oxygen atoms in total. The van der Waals surface area contributed by atoms with Crippen LogP contribution in [0.5, 0.6) is 0 Å². The van der Waals surface area contributed by atoms with Crippen LogP contribution in [0.4, 0.5) is 0 Å². The summed E-state index contributed by atoms with van der Waals surface area (Å²) in [6, 6.07) is 2.05. The molecule has 1 heterocycles. The molecular formula is C9H10N2O. The fourth-order valence-corrected chi connectivity index (χ4v) is 1.09. The summed E-state index contributed by atoms with van der Waals surface area (Å²) in [5, 5.41) is 8.68. The zero-order valence-corrected chi connectivity index (χ0v) is 7.11. The van der Waals surface area contributed by atoms with Gasteiger partial charge in [0.05, 0.1) is 12.0 Å². The fraction of sp³-hybridized carbons (Fsp3) is 0.333. The van der Waals surface area contributed by atoms with Gasteiger partial charge in [-0.3, -0.25) is 4.79 Å². The van der Waals surface area contributed by atoms with Crippen molar-refractivity contribution in [3.63, 3.8) is 0 Å². The zero-order valence-electron chi connectivity index (χ0n) is 7.11. The van der Waals surface area contributed by atoms with Crippen LogP contribution in [0.2, 0.25) is 0 Å². The first-order valence-corrected chi connectivity index (χ1v) is 3.67. The Morgan fingerprint density at radius 1 is 1.75 bits per heavy atom. The van der Waals surface area contributed by atoms with Crippen molar-refractivity contribution in [2.24, 2.45) is 5.92 Å². The van der Waals surface area contributed by atoms with E-state index in [4.69, 9.17) is 5.26 Å². The van der Waals surface area contributed by atoms with E-state index < -0.39 is 0 Å². The molecule has 0 aromatic carbocycles. The molecule has 0 aliphatic carbocycles. The maximum atomic E-state index is 11.0. The van der Waals surface area contributed by atoms with E-state index in [9.17, 15) is 4.79 Å². The lowest BCUT2D eigenvalue weighted by Crippen LogP contribution is -2.16. The van der Waals surface area contributed by atoms with Gasteiger partial charge in [0.15, 0.2) is 5.78 Å². The summed E-state index contributed by atoms with van der Waals surface area (Å²) in [6.45, 7) is 1.48. The van der Waals surface area contributed by atoms with Crippen LogP contribution < -0.4 is 0 Å². The Morgan fingerprint density at radius 3 is 2.92 bits per heavy atom. The van der Waals surface area contributed by atoms with Gasteiger partial charge in [0.1, 0.15) is 0 Å². The summed E-state index contributed by atoms with van der Waals surface area (Å²) in [4.78, 5) is 12.8. The van der Waals surface area contributed by atoms with Crippen LogP contribution in [-0.2, 0) is 4.79 Å². The van der Waals surface area contributed by atoms with Gasteiger partial charge < -0.3 is 4.90 Å². The number of Topliss-reactive ketones (excluding diaryl/α,β-unsaturated/α-hetero) is 1. The second kappa shape index (κ2) is 3.22. The minimum absolute atomic E-state index is 0.0437. The van der Waals surface area contributed by atoms with Crippen molar-refractivity contribution in [3.05, 3.63) is 24.0 Å². The molecule has 1 aliphatic rings. The highest BCUT2D eigenvalue weighted by Gasteiger charge is 2.18. The lowest BCUT2D eigenvalue weighted by molar-refractivity contribution is -0.113. The molecule has 0 amide bonds. The molecule has 3 heteroatoms. The number of nitrogens with zero attached hydrogens (tertiary/aromatic N) is 2. The summed E-state index contributed by atoms with van der Waals surface area (Å²) >= 11 is 0. The third kappa shape index (κ3) is 1.54. The van der Waals surface area contributed by atoms with Crippen LogP contribution in [0.25, 0.3) is 0 Å². The Balaban J connectivity index is 2.95. The minimum Gasteiger partial charge on any atom is -0.357 e. The molecule has 12 heavy (non-hydrogen) atoms. The number of hydrogen-bond donors (Lipinski definition) is 0. The van der Waals surface area contributed by atoms with Gasteiger partial charge in [-0.15, -0.1) is 0 Å². The van der Waals surface area contributed by atoms with Crippen molar-refractivity contribution in [1.82, 2.24) is 4.90 Å². The molecule has 0 aromatic rings. The summed E-state index contributed by atoms with van der Waals surface area (Å²) < 4.78 is 0. The number of carbonyl (C=O) groups is 1. The number of hydrogen-bond acceptors (Lipinski definition) is 3. The van der Waals surface area contributed by atoms with E-state index in [2.05, 4.69) is 6.07 Å². The molecule has 0 aromatic heterocycles. The van der Waals surface area contributed by atoms with E-state index in [1.807, 2.05) is 7.05 Å². The lowest BCUT2D eigenvalue weighted by atomic mass is 9.96. The van der Waals surface area contributed by atoms with Crippen LogP contribution in [0, 0.1) is 17.2 Å². The Labute approximate surface area is 71.6 Å². The summed E-state index contributed by atoms with van der Waals surface area (Å²) in [6.07, 6.45) is 5.19. The topological polar surface area (TPSA) is 44.1 Å². The van der Waals surface area contributed by atoms with Gasteiger partial charge in [-0.25, -0.2) is 0 Å². The first-order chi connectivity index (χ1) is 5.65. The molecule has 0 spiro atoms. The highest BCUT2D eigenvalue weighted by Crippen LogP contribution is 2.18. The average Bonchev–Trinajstić information content (AvgIpc) is 2.04. The van der Waals surface area contributed by atoms with Gasteiger partial charge in [-0.1, -0.05) is 0 Å². The van der Waals surface area contributed by atoms with Crippen LogP contribution >= 0.6 is 0 Å². The number of rotatable bonds is 1. The van der Waals surface area contributed by atoms with Crippen LogP contribution in [0.15, 0.2) is 24.0 Å². The predicted molar refractivity (Wildman–Crippen MR) is 44.8 cm³/mol. The molecule has 0 N–H and O–H groups in total. The Bertz CT molecular complexity index is 296. The SMILES string of the molecule is CC(=O)C1=CN(C)C=CC1C#N. The molecule has 1 unspecified atom stereocenters. The molecular weight excluding hydrogens is 152 g/mol. The minimum atomic E-state index is -0.376. The van der Waals surface area contributed by atoms with Crippen molar-refractivity contribution in [1.29, 1.82) is 5.26 Å². The Kier molecular flexibility index (Phi) is 2.29. The van der Waals surface area contributed by atoms with Gasteiger partial charge >= 0.3 is 0 Å². The van der Waals surface area contributed by atoms with Gasteiger partial charge in [-0.2, -0.15) is 5.26 Å². The van der Waals surface area contributed by atoms with E-state index in [1.54, 1.807) is 23.4 Å². The molecule has 1 rings (SSSR count). The quantitative estimate of drug-likeness (QED) is 0.579. The number of allylic oxidation sites excluding steroid dienone is 2. The molecule has 0 bridgehead atoms. The van der Waals surface area contributed by atoms with Gasteiger partial charge in [0, 0.05) is 25.0 Å². The van der Waals surface area contributed by atoms with Crippen molar-refractivity contribution in [3.8, 4) is 6.07 Å². The molecule has 0 fully saturated rings. The lowest BCUT2D eigenvalue weighted by Gasteiger charge is -2.18. The monoisotopic (exact) mass is 162 g/mol. The van der Waals surface area contributed by atoms with E-state index in [1.165, 1.54) is 6.92 Å². The third-order valence-electron chi connectivity index (χ3n) is 1.74. The average molecular weight is 162 g/mol. The first kappa shape index (κ1) is 8.54. The number of ketones is 1. The molecule has 62 valence electrons. The van der Waals surface area contributed by atoms with E-state index in [0.29, 0.717) is 5.57 Å². The van der Waals surface area contributed by atoms with Crippen molar-refractivity contribution in [2.75, 3.05) is 7.05 Å². The van der Waals surface area contributed by atoms with E-state index in [-0.39, 0.29) is 11.7 Å². The smallest absolute Gasteiger partial charge is 0.158 e. The highest BCUT2D eigenvalue weighted by atomic mass is 16.1. The normalized spacial score (nSPS) is 21.6. The summed E-state index contributed by atoms with van der Waals surface area (Å²) in [7, 11) is 1.83. The van der Waals surface area contributed by atoms with Crippen LogP contribution in [0.3, 0.4) is 0 Å². The van der Waals surface area contributed by atoms with Crippen LogP contribution in [0.1, 0.15) is 6.92 Å². The molecule has 1 atom stereocenters. The molecule has 0 saturated carbocycles. The fourth-order valence-electron chi connectivity index (χ4n) is 1.09. The predicted octanol–water partition coefficient (Wildman–Crippen LogP) is 1.06. The van der Waals surface area contributed by atoms with Gasteiger partial charge in [-0.05, 0) is 13.0 Å². The summed E-state index contributed by atoms with van der Waals surface area (Å²) in [5.74, 6) is -0.420. The zero-order chi connectivity index (χ0) is 9.14. The third-order valence-corrected chi connectivity index (χ3v) is 1.74.